The molecule has 0 aliphatic rings. The molecule has 30 heavy (non-hydrogen) atoms. The van der Waals surface area contributed by atoms with E-state index in [2.05, 4.69) is 5.32 Å². The molecule has 152 valence electrons. The lowest BCUT2D eigenvalue weighted by molar-refractivity contribution is 0.102. The summed E-state index contributed by atoms with van der Waals surface area (Å²) in [4.78, 5) is 12.8. The molecule has 0 spiro atoms. The SMILES string of the molecule is CS(=N)(=O)c1cc2ccc(C(=O)Nc3cc(-c4ccc(F)cc4)ccc3N)cc2o1. The number of nitrogens with one attached hydrogen (secondary N) is 2. The maximum absolute atomic E-state index is 13.2. The zero-order chi connectivity index (χ0) is 21.5. The zero-order valence-corrected chi connectivity index (χ0v) is 16.8. The highest BCUT2D eigenvalue weighted by molar-refractivity contribution is 7.91. The summed E-state index contributed by atoms with van der Waals surface area (Å²) < 4.78 is 38.2. The summed E-state index contributed by atoms with van der Waals surface area (Å²) in [5, 5.41) is 3.49. The molecule has 3 aromatic carbocycles. The van der Waals surface area contributed by atoms with E-state index in [1.807, 2.05) is 0 Å². The molecule has 1 atom stereocenters. The molecule has 8 heteroatoms. The molecule has 6 nitrogen and oxygen atoms in total. The standard InChI is InChI=1S/C22H18FN3O3S/c1-30(25,28)21-12-15-2-3-16(11-20(15)29-21)22(27)26-19-10-14(6-9-18(19)24)13-4-7-17(23)8-5-13/h2-12,25H,24H2,1H3,(H,26,27). The predicted molar refractivity (Wildman–Crippen MR) is 115 cm³/mol. The lowest BCUT2D eigenvalue weighted by Gasteiger charge is -2.11. The van der Waals surface area contributed by atoms with E-state index in [9.17, 15) is 13.4 Å². The molecule has 1 aromatic heterocycles. The summed E-state index contributed by atoms with van der Waals surface area (Å²) in [7, 11) is -2.99. The fraction of sp³-hybridized carbons (Fsp3) is 0.0455. The Hall–Kier alpha value is -3.65. The van der Waals surface area contributed by atoms with Crippen molar-refractivity contribution in [2.45, 2.75) is 5.09 Å². The molecular formula is C22H18FN3O3S. The van der Waals surface area contributed by atoms with Crippen LogP contribution in [0.25, 0.3) is 22.1 Å². The minimum Gasteiger partial charge on any atom is -0.446 e. The van der Waals surface area contributed by atoms with Gasteiger partial charge in [-0.1, -0.05) is 24.3 Å². The number of hydrogen-bond donors (Lipinski definition) is 3. The number of furan rings is 1. The summed E-state index contributed by atoms with van der Waals surface area (Å²) in [6, 6.07) is 17.5. The zero-order valence-electron chi connectivity index (χ0n) is 15.9. The van der Waals surface area contributed by atoms with Crippen LogP contribution in [0.4, 0.5) is 15.8 Å². The molecule has 4 aromatic rings. The summed E-state index contributed by atoms with van der Waals surface area (Å²) in [5.74, 6) is -0.732. The molecule has 1 unspecified atom stereocenters. The monoisotopic (exact) mass is 423 g/mol. The van der Waals surface area contributed by atoms with E-state index >= 15 is 0 Å². The second-order valence-electron chi connectivity index (χ2n) is 6.92. The average molecular weight is 423 g/mol. The van der Waals surface area contributed by atoms with Crippen LogP contribution in [-0.4, -0.2) is 16.4 Å². The van der Waals surface area contributed by atoms with E-state index in [0.29, 0.717) is 27.9 Å². The fourth-order valence-corrected chi connectivity index (χ4v) is 3.62. The first-order valence-electron chi connectivity index (χ1n) is 8.95. The third-order valence-corrected chi connectivity index (χ3v) is 5.59. The molecule has 1 amide bonds. The number of nitrogen functional groups attached to an aromatic ring is 1. The Morgan fingerprint density at radius 3 is 2.43 bits per heavy atom. The molecule has 0 aliphatic heterocycles. The third kappa shape index (κ3) is 3.90. The van der Waals surface area contributed by atoms with Gasteiger partial charge >= 0.3 is 0 Å². The van der Waals surface area contributed by atoms with Crippen LogP contribution in [0.1, 0.15) is 10.4 Å². The van der Waals surface area contributed by atoms with Crippen LogP contribution < -0.4 is 11.1 Å². The quantitative estimate of drug-likeness (QED) is 0.396. The first-order chi connectivity index (χ1) is 14.2. The topological polar surface area (TPSA) is 109 Å². The molecule has 4 rings (SSSR count). The Morgan fingerprint density at radius 1 is 1.03 bits per heavy atom. The number of carbonyl (C=O) groups excluding carboxylic acids is 1. The van der Waals surface area contributed by atoms with Crippen molar-refractivity contribution in [3.63, 3.8) is 0 Å². The molecule has 0 saturated heterocycles. The van der Waals surface area contributed by atoms with E-state index in [1.54, 1.807) is 42.5 Å². The normalized spacial score (nSPS) is 13.1. The number of hydrogen-bond acceptors (Lipinski definition) is 5. The summed E-state index contributed by atoms with van der Waals surface area (Å²) in [5.41, 5.74) is 9.07. The highest BCUT2D eigenvalue weighted by atomic mass is 32.2. The van der Waals surface area contributed by atoms with Gasteiger partial charge in [-0.2, -0.15) is 0 Å². The van der Waals surface area contributed by atoms with Gasteiger partial charge in [-0.25, -0.2) is 13.4 Å². The summed E-state index contributed by atoms with van der Waals surface area (Å²) in [6.07, 6.45) is 1.27. The largest absolute Gasteiger partial charge is 0.446 e. The van der Waals surface area contributed by atoms with Crippen molar-refractivity contribution in [1.29, 1.82) is 4.78 Å². The van der Waals surface area contributed by atoms with Gasteiger partial charge in [0.2, 0.25) is 0 Å². The Balaban J connectivity index is 1.63. The summed E-state index contributed by atoms with van der Waals surface area (Å²) in [6.45, 7) is 0. The van der Waals surface area contributed by atoms with Crippen molar-refractivity contribution >= 4 is 38.0 Å². The molecule has 4 N–H and O–H groups in total. The van der Waals surface area contributed by atoms with Crippen molar-refractivity contribution in [2.24, 2.45) is 0 Å². The van der Waals surface area contributed by atoms with E-state index in [-0.39, 0.29) is 10.9 Å². The number of rotatable bonds is 4. The number of nitrogens with two attached hydrogens (primary N) is 1. The van der Waals surface area contributed by atoms with Gasteiger partial charge in [-0.15, -0.1) is 0 Å². The molecular weight excluding hydrogens is 405 g/mol. The van der Waals surface area contributed by atoms with Crippen molar-refractivity contribution in [3.05, 3.63) is 78.1 Å². The van der Waals surface area contributed by atoms with Gasteiger partial charge in [0.25, 0.3) is 5.91 Å². The number of anilines is 2. The molecule has 0 fully saturated rings. The number of carbonyl (C=O) groups is 1. The van der Waals surface area contributed by atoms with Crippen LogP contribution >= 0.6 is 0 Å². The number of amides is 1. The highest BCUT2D eigenvalue weighted by Gasteiger charge is 2.14. The molecule has 0 saturated carbocycles. The number of halogens is 1. The van der Waals surface area contributed by atoms with Gasteiger partial charge in [-0.3, -0.25) is 4.79 Å². The molecule has 0 aliphatic carbocycles. The van der Waals surface area contributed by atoms with Crippen molar-refractivity contribution < 1.29 is 17.8 Å². The maximum atomic E-state index is 13.2. The number of benzene rings is 3. The van der Waals surface area contributed by atoms with Crippen LogP contribution in [0.2, 0.25) is 0 Å². The minimum absolute atomic E-state index is 0.0614. The lowest BCUT2D eigenvalue weighted by Crippen LogP contribution is -2.13. The van der Waals surface area contributed by atoms with Crippen molar-refractivity contribution in [3.8, 4) is 11.1 Å². The fourth-order valence-electron chi connectivity index (χ4n) is 3.02. The van der Waals surface area contributed by atoms with Crippen LogP contribution in [-0.2, 0) is 9.73 Å². The van der Waals surface area contributed by atoms with Crippen LogP contribution in [0, 0.1) is 10.6 Å². The van der Waals surface area contributed by atoms with Crippen LogP contribution in [0.3, 0.4) is 0 Å². The Morgan fingerprint density at radius 2 is 1.73 bits per heavy atom. The Bertz CT molecular complexity index is 1380. The first kappa shape index (κ1) is 19.7. The minimum atomic E-state index is -2.99. The second-order valence-corrected chi connectivity index (χ2v) is 9.01. The van der Waals surface area contributed by atoms with E-state index in [1.165, 1.54) is 30.5 Å². The first-order valence-corrected chi connectivity index (χ1v) is 10.9. The van der Waals surface area contributed by atoms with Crippen molar-refractivity contribution in [2.75, 3.05) is 17.3 Å². The van der Waals surface area contributed by atoms with Gasteiger partial charge in [0, 0.05) is 23.3 Å². The van der Waals surface area contributed by atoms with Gasteiger partial charge in [0.1, 0.15) is 21.1 Å². The van der Waals surface area contributed by atoms with Gasteiger partial charge in [0.05, 0.1) is 11.4 Å². The van der Waals surface area contributed by atoms with Crippen LogP contribution in [0.5, 0.6) is 0 Å². The van der Waals surface area contributed by atoms with E-state index < -0.39 is 15.6 Å². The smallest absolute Gasteiger partial charge is 0.255 e. The van der Waals surface area contributed by atoms with Gasteiger partial charge in [-0.05, 0) is 47.5 Å². The Labute approximate surface area is 172 Å². The predicted octanol–water partition coefficient (Wildman–Crippen LogP) is 5.11. The molecule has 0 radical (unpaired) electrons. The highest BCUT2D eigenvalue weighted by Crippen LogP contribution is 2.29. The lowest BCUT2D eigenvalue weighted by atomic mass is 10.0. The Kier molecular flexibility index (Phi) is 4.79. The second kappa shape index (κ2) is 7.31. The third-order valence-electron chi connectivity index (χ3n) is 4.62. The summed E-state index contributed by atoms with van der Waals surface area (Å²) >= 11 is 0. The van der Waals surface area contributed by atoms with E-state index in [0.717, 1.165) is 11.1 Å². The van der Waals surface area contributed by atoms with Gasteiger partial charge < -0.3 is 15.5 Å². The van der Waals surface area contributed by atoms with Crippen LogP contribution in [0.15, 0.2) is 76.2 Å². The average Bonchev–Trinajstić information content (AvgIpc) is 3.14. The number of fused-ring (bicyclic) bond motifs is 1. The maximum Gasteiger partial charge on any atom is 0.255 e. The van der Waals surface area contributed by atoms with Gasteiger partial charge in [0.15, 0.2) is 5.09 Å². The molecule has 0 bridgehead atoms. The molecule has 1 heterocycles. The van der Waals surface area contributed by atoms with E-state index in [4.69, 9.17) is 14.9 Å². The van der Waals surface area contributed by atoms with Crippen molar-refractivity contribution in [1.82, 2.24) is 0 Å².